The maximum atomic E-state index is 12.3. The number of hydrogen-bond acceptors (Lipinski definition) is 5. The number of aromatic nitrogens is 1. The third-order valence-electron chi connectivity index (χ3n) is 4.34. The summed E-state index contributed by atoms with van der Waals surface area (Å²) >= 11 is 1.39. The number of hydrogen-bond donors (Lipinski definition) is 2. The van der Waals surface area contributed by atoms with Gasteiger partial charge in [0.1, 0.15) is 5.69 Å². The molecule has 2 N–H and O–H groups in total. The Hall–Kier alpha value is -2.86. The number of carbonyl (C=O) groups excluding carboxylic acids is 1. The van der Waals surface area contributed by atoms with Crippen molar-refractivity contribution in [2.75, 3.05) is 12.4 Å². The first kappa shape index (κ1) is 15.7. The fourth-order valence-corrected chi connectivity index (χ4v) is 4.09. The maximum Gasteiger partial charge on any atom is 0.225 e. The normalized spacial score (nSPS) is 16.2. The number of aromatic hydroxyl groups is 1. The lowest BCUT2D eigenvalue weighted by Crippen LogP contribution is -2.22. The standard InChI is InChI=1S/C19H16N2O3S/c1-24-15-8-7-12(9-14(15)22)13-10-16(23)20-18-17(21-25-19(13)18)11-5-3-2-4-6-11/h2-9,13,22H,10H2,1H3,(H,20,23)/t13-/m0/s1. The number of nitrogens with one attached hydrogen (secondary N) is 1. The van der Waals surface area contributed by atoms with Crippen LogP contribution in [0, 0.1) is 0 Å². The van der Waals surface area contributed by atoms with Crippen LogP contribution < -0.4 is 10.1 Å². The zero-order chi connectivity index (χ0) is 17.4. The summed E-state index contributed by atoms with van der Waals surface area (Å²) in [5, 5.41) is 13.0. The molecule has 1 amide bonds. The first-order valence-electron chi connectivity index (χ1n) is 7.89. The summed E-state index contributed by atoms with van der Waals surface area (Å²) in [4.78, 5) is 13.3. The fraction of sp³-hybridized carbons (Fsp3) is 0.158. The lowest BCUT2D eigenvalue weighted by Gasteiger charge is -2.23. The molecule has 3 aromatic rings. The highest BCUT2D eigenvalue weighted by molar-refractivity contribution is 7.07. The molecule has 0 spiro atoms. The average Bonchev–Trinajstić information content (AvgIpc) is 3.05. The largest absolute Gasteiger partial charge is 0.504 e. The van der Waals surface area contributed by atoms with Crippen molar-refractivity contribution in [1.82, 2.24) is 4.37 Å². The van der Waals surface area contributed by atoms with Crippen molar-refractivity contribution in [1.29, 1.82) is 0 Å². The van der Waals surface area contributed by atoms with Gasteiger partial charge in [-0.25, -0.2) is 0 Å². The second-order valence-electron chi connectivity index (χ2n) is 5.87. The molecule has 1 atom stereocenters. The van der Waals surface area contributed by atoms with E-state index in [1.54, 1.807) is 12.1 Å². The number of carbonyl (C=O) groups is 1. The molecule has 0 aliphatic carbocycles. The molecule has 1 aliphatic heterocycles. The Morgan fingerprint density at radius 3 is 2.76 bits per heavy atom. The van der Waals surface area contributed by atoms with Crippen LogP contribution >= 0.6 is 11.5 Å². The van der Waals surface area contributed by atoms with E-state index in [4.69, 9.17) is 4.74 Å². The first-order chi connectivity index (χ1) is 12.2. The smallest absolute Gasteiger partial charge is 0.225 e. The van der Waals surface area contributed by atoms with Gasteiger partial charge in [-0.3, -0.25) is 4.79 Å². The molecule has 0 fully saturated rings. The Morgan fingerprint density at radius 2 is 2.04 bits per heavy atom. The van der Waals surface area contributed by atoms with Crippen molar-refractivity contribution in [3.63, 3.8) is 0 Å². The lowest BCUT2D eigenvalue weighted by molar-refractivity contribution is -0.116. The van der Waals surface area contributed by atoms with E-state index in [9.17, 15) is 9.90 Å². The fourth-order valence-electron chi connectivity index (χ4n) is 3.12. The number of ether oxygens (including phenoxy) is 1. The average molecular weight is 352 g/mol. The van der Waals surface area contributed by atoms with Gasteiger partial charge in [0.2, 0.25) is 5.91 Å². The number of phenolic OH excluding ortho intramolecular Hbond substituents is 1. The number of methoxy groups -OCH3 is 1. The summed E-state index contributed by atoms with van der Waals surface area (Å²) < 4.78 is 9.67. The van der Waals surface area contributed by atoms with Gasteiger partial charge in [0.15, 0.2) is 11.5 Å². The quantitative estimate of drug-likeness (QED) is 0.747. The van der Waals surface area contributed by atoms with Crippen LogP contribution in [-0.4, -0.2) is 22.5 Å². The van der Waals surface area contributed by atoms with E-state index >= 15 is 0 Å². The minimum absolute atomic E-state index is 0.0508. The SMILES string of the molecule is COc1ccc([C@@H]2CC(=O)Nc3c(-c4ccccc4)nsc32)cc1O. The van der Waals surface area contributed by atoms with Crippen LogP contribution in [0.2, 0.25) is 0 Å². The molecule has 126 valence electrons. The van der Waals surface area contributed by atoms with Gasteiger partial charge in [0.25, 0.3) is 0 Å². The van der Waals surface area contributed by atoms with Gasteiger partial charge in [-0.2, -0.15) is 4.37 Å². The van der Waals surface area contributed by atoms with Gasteiger partial charge in [-0.05, 0) is 29.2 Å². The molecule has 0 saturated carbocycles. The number of anilines is 1. The van der Waals surface area contributed by atoms with Gasteiger partial charge in [0.05, 0.1) is 17.7 Å². The first-order valence-corrected chi connectivity index (χ1v) is 8.66. The minimum atomic E-state index is -0.129. The molecule has 4 rings (SSSR count). The van der Waals surface area contributed by atoms with Crippen LogP contribution in [0.4, 0.5) is 5.69 Å². The summed E-state index contributed by atoms with van der Waals surface area (Å²) in [6, 6.07) is 15.1. The van der Waals surface area contributed by atoms with E-state index in [-0.39, 0.29) is 17.6 Å². The van der Waals surface area contributed by atoms with Crippen LogP contribution in [0.3, 0.4) is 0 Å². The van der Waals surface area contributed by atoms with E-state index in [1.807, 2.05) is 36.4 Å². The van der Waals surface area contributed by atoms with Gasteiger partial charge in [-0.15, -0.1) is 0 Å². The number of amides is 1. The zero-order valence-electron chi connectivity index (χ0n) is 13.5. The molecule has 0 radical (unpaired) electrons. The highest BCUT2D eigenvalue weighted by Gasteiger charge is 2.31. The highest BCUT2D eigenvalue weighted by Crippen LogP contribution is 2.45. The van der Waals surface area contributed by atoms with Gasteiger partial charge < -0.3 is 15.2 Å². The third kappa shape index (κ3) is 2.74. The molecule has 5 nitrogen and oxygen atoms in total. The van der Waals surface area contributed by atoms with E-state index in [0.717, 1.165) is 27.4 Å². The van der Waals surface area contributed by atoms with E-state index in [1.165, 1.54) is 18.6 Å². The molecule has 2 heterocycles. The van der Waals surface area contributed by atoms with Crippen LogP contribution in [0.5, 0.6) is 11.5 Å². The van der Waals surface area contributed by atoms with Crippen molar-refractivity contribution in [3.05, 3.63) is 59.0 Å². The Morgan fingerprint density at radius 1 is 1.24 bits per heavy atom. The number of fused-ring (bicyclic) bond motifs is 1. The molecular weight excluding hydrogens is 336 g/mol. The molecular formula is C19H16N2O3S. The second kappa shape index (κ2) is 6.22. The van der Waals surface area contributed by atoms with Crippen molar-refractivity contribution >= 4 is 23.1 Å². The number of benzene rings is 2. The van der Waals surface area contributed by atoms with Crippen LogP contribution in [0.1, 0.15) is 22.8 Å². The van der Waals surface area contributed by atoms with Gasteiger partial charge >= 0.3 is 0 Å². The van der Waals surface area contributed by atoms with Crippen LogP contribution in [-0.2, 0) is 4.79 Å². The number of phenols is 1. The van der Waals surface area contributed by atoms with E-state index in [0.29, 0.717) is 12.2 Å². The van der Waals surface area contributed by atoms with Gasteiger partial charge in [0, 0.05) is 17.9 Å². The highest BCUT2D eigenvalue weighted by atomic mass is 32.1. The summed E-state index contributed by atoms with van der Waals surface area (Å²) in [7, 11) is 1.51. The molecule has 2 aromatic carbocycles. The maximum absolute atomic E-state index is 12.3. The van der Waals surface area contributed by atoms with Crippen molar-refractivity contribution in [3.8, 4) is 22.8 Å². The molecule has 0 saturated heterocycles. The second-order valence-corrected chi connectivity index (χ2v) is 6.68. The molecule has 1 aromatic heterocycles. The monoisotopic (exact) mass is 352 g/mol. The summed E-state index contributed by atoms with van der Waals surface area (Å²) in [6.07, 6.45) is 0.329. The molecule has 0 unspecified atom stereocenters. The minimum Gasteiger partial charge on any atom is -0.504 e. The molecule has 0 bridgehead atoms. The Balaban J connectivity index is 1.80. The molecule has 1 aliphatic rings. The Labute approximate surface area is 149 Å². The van der Waals surface area contributed by atoms with E-state index in [2.05, 4.69) is 9.69 Å². The van der Waals surface area contributed by atoms with Crippen LogP contribution in [0.15, 0.2) is 48.5 Å². The predicted octanol–water partition coefficient (Wildman–Crippen LogP) is 4.00. The van der Waals surface area contributed by atoms with E-state index < -0.39 is 0 Å². The van der Waals surface area contributed by atoms with Crippen molar-refractivity contribution in [2.24, 2.45) is 0 Å². The van der Waals surface area contributed by atoms with Gasteiger partial charge in [-0.1, -0.05) is 36.4 Å². The van der Waals surface area contributed by atoms with Crippen LogP contribution in [0.25, 0.3) is 11.3 Å². The molecule has 6 heteroatoms. The predicted molar refractivity (Wildman–Crippen MR) is 97.3 cm³/mol. The topological polar surface area (TPSA) is 71.5 Å². The number of rotatable bonds is 3. The summed E-state index contributed by atoms with van der Waals surface area (Å²) in [5.41, 5.74) is 3.40. The third-order valence-corrected chi connectivity index (χ3v) is 5.30. The summed E-state index contributed by atoms with van der Waals surface area (Å²) in [6.45, 7) is 0. The summed E-state index contributed by atoms with van der Waals surface area (Å²) in [5.74, 6) is 0.305. The number of nitrogens with zero attached hydrogens (tertiary/aromatic N) is 1. The lowest BCUT2D eigenvalue weighted by atomic mass is 9.89. The zero-order valence-corrected chi connectivity index (χ0v) is 14.3. The Bertz CT molecular complexity index is 937. The Kier molecular flexibility index (Phi) is 3.89. The van der Waals surface area contributed by atoms with Crippen molar-refractivity contribution < 1.29 is 14.6 Å². The molecule has 25 heavy (non-hydrogen) atoms. The van der Waals surface area contributed by atoms with Crippen molar-refractivity contribution in [2.45, 2.75) is 12.3 Å².